The molecule has 3 heteroatoms. The van der Waals surface area contributed by atoms with Crippen molar-refractivity contribution in [2.45, 2.75) is 20.0 Å². The molecular formula is C12H19NO2. The van der Waals surface area contributed by atoms with Gasteiger partial charge >= 0.3 is 0 Å². The van der Waals surface area contributed by atoms with E-state index < -0.39 is 0 Å². The van der Waals surface area contributed by atoms with Crippen molar-refractivity contribution < 1.29 is 9.84 Å². The van der Waals surface area contributed by atoms with Gasteiger partial charge in [0.1, 0.15) is 5.75 Å². The predicted octanol–water partition coefficient (Wildman–Crippen LogP) is 1.90. The molecule has 0 heterocycles. The van der Waals surface area contributed by atoms with Crippen LogP contribution < -0.4 is 9.64 Å². The van der Waals surface area contributed by atoms with E-state index in [9.17, 15) is 5.11 Å². The molecule has 0 bridgehead atoms. The molecule has 3 nitrogen and oxygen atoms in total. The highest BCUT2D eigenvalue weighted by atomic mass is 16.5. The van der Waals surface area contributed by atoms with Gasteiger partial charge in [-0.3, -0.25) is 0 Å². The van der Waals surface area contributed by atoms with Gasteiger partial charge in [-0.2, -0.15) is 0 Å². The Balaban J connectivity index is 2.74. The number of hydrogen-bond donors (Lipinski definition) is 1. The van der Waals surface area contributed by atoms with Crippen molar-refractivity contribution in [1.29, 1.82) is 0 Å². The highest BCUT2D eigenvalue weighted by Crippen LogP contribution is 2.19. The van der Waals surface area contributed by atoms with Crippen molar-refractivity contribution in [3.63, 3.8) is 0 Å². The van der Waals surface area contributed by atoms with Crippen LogP contribution in [0.3, 0.4) is 0 Å². The lowest BCUT2D eigenvalue weighted by Crippen LogP contribution is -2.30. The van der Waals surface area contributed by atoms with Crippen molar-refractivity contribution in [1.82, 2.24) is 0 Å². The SMILES string of the molecule is CCN(CC(C)O)c1ccc(OC)cc1. The molecule has 15 heavy (non-hydrogen) atoms. The average molecular weight is 209 g/mol. The molecule has 0 radical (unpaired) electrons. The number of likely N-dealkylation sites (N-methyl/N-ethyl adjacent to an activating group) is 1. The van der Waals surface area contributed by atoms with Crippen LogP contribution >= 0.6 is 0 Å². The first-order valence-electron chi connectivity index (χ1n) is 5.24. The lowest BCUT2D eigenvalue weighted by molar-refractivity contribution is 0.200. The Morgan fingerprint density at radius 3 is 2.33 bits per heavy atom. The second kappa shape index (κ2) is 5.61. The van der Waals surface area contributed by atoms with E-state index in [2.05, 4.69) is 11.8 Å². The minimum atomic E-state index is -0.313. The average Bonchev–Trinajstić information content (AvgIpc) is 2.26. The Bertz CT molecular complexity index is 282. The summed E-state index contributed by atoms with van der Waals surface area (Å²) in [4.78, 5) is 2.13. The van der Waals surface area contributed by atoms with Crippen LogP contribution in [-0.2, 0) is 0 Å². The molecule has 0 aliphatic carbocycles. The van der Waals surface area contributed by atoms with Crippen molar-refractivity contribution in [3.8, 4) is 5.75 Å². The highest BCUT2D eigenvalue weighted by Gasteiger charge is 2.06. The third-order valence-corrected chi connectivity index (χ3v) is 2.30. The zero-order chi connectivity index (χ0) is 11.3. The van der Waals surface area contributed by atoms with Crippen LogP contribution in [0.2, 0.25) is 0 Å². The minimum Gasteiger partial charge on any atom is -0.497 e. The van der Waals surface area contributed by atoms with Crippen molar-refractivity contribution in [2.24, 2.45) is 0 Å². The molecule has 0 aliphatic heterocycles. The van der Waals surface area contributed by atoms with Gasteiger partial charge in [0.15, 0.2) is 0 Å². The number of methoxy groups -OCH3 is 1. The quantitative estimate of drug-likeness (QED) is 0.804. The van der Waals surface area contributed by atoms with Crippen molar-refractivity contribution in [3.05, 3.63) is 24.3 Å². The number of hydrogen-bond acceptors (Lipinski definition) is 3. The van der Waals surface area contributed by atoms with Crippen LogP contribution in [-0.4, -0.2) is 31.4 Å². The van der Waals surface area contributed by atoms with Crippen LogP contribution in [0.25, 0.3) is 0 Å². The van der Waals surface area contributed by atoms with Gasteiger partial charge in [-0.05, 0) is 38.1 Å². The minimum absolute atomic E-state index is 0.313. The summed E-state index contributed by atoms with van der Waals surface area (Å²) in [6, 6.07) is 7.87. The lowest BCUT2D eigenvalue weighted by atomic mass is 10.2. The molecule has 84 valence electrons. The number of aliphatic hydroxyl groups is 1. The largest absolute Gasteiger partial charge is 0.497 e. The molecule has 0 spiro atoms. The molecule has 1 rings (SSSR count). The maximum Gasteiger partial charge on any atom is 0.119 e. The molecule has 1 atom stereocenters. The maximum absolute atomic E-state index is 9.35. The first-order valence-corrected chi connectivity index (χ1v) is 5.24. The Labute approximate surface area is 91.3 Å². The fourth-order valence-corrected chi connectivity index (χ4v) is 1.53. The van der Waals surface area contributed by atoms with E-state index in [4.69, 9.17) is 4.74 Å². The molecule has 0 amide bonds. The molecule has 0 aliphatic rings. The van der Waals surface area contributed by atoms with E-state index in [1.807, 2.05) is 24.3 Å². The summed E-state index contributed by atoms with van der Waals surface area (Å²) in [5, 5.41) is 9.35. The molecule has 1 N–H and O–H groups in total. The lowest BCUT2D eigenvalue weighted by Gasteiger charge is -2.24. The number of ether oxygens (including phenoxy) is 1. The number of anilines is 1. The van der Waals surface area contributed by atoms with Gasteiger partial charge in [0.25, 0.3) is 0 Å². The van der Waals surface area contributed by atoms with Crippen LogP contribution in [0, 0.1) is 0 Å². The summed E-state index contributed by atoms with van der Waals surface area (Å²) in [5.74, 6) is 0.854. The standard InChI is InChI=1S/C12H19NO2/c1-4-13(9-10(2)14)11-5-7-12(15-3)8-6-11/h5-8,10,14H,4,9H2,1-3H3. The van der Waals surface area contributed by atoms with Crippen LogP contribution in [0.5, 0.6) is 5.75 Å². The molecule has 1 aromatic carbocycles. The van der Waals surface area contributed by atoms with Gasteiger partial charge in [-0.1, -0.05) is 0 Å². The van der Waals surface area contributed by atoms with Gasteiger partial charge in [0.05, 0.1) is 13.2 Å². The van der Waals surface area contributed by atoms with E-state index in [0.29, 0.717) is 6.54 Å². The summed E-state index contributed by atoms with van der Waals surface area (Å²) < 4.78 is 5.10. The Morgan fingerprint density at radius 1 is 1.33 bits per heavy atom. The van der Waals surface area contributed by atoms with Crippen LogP contribution in [0.1, 0.15) is 13.8 Å². The van der Waals surface area contributed by atoms with Gasteiger partial charge < -0.3 is 14.7 Å². The summed E-state index contributed by atoms with van der Waals surface area (Å²) in [6.45, 7) is 5.42. The van der Waals surface area contributed by atoms with Crippen LogP contribution in [0.4, 0.5) is 5.69 Å². The molecule has 0 saturated carbocycles. The fraction of sp³-hybridized carbons (Fsp3) is 0.500. The van der Waals surface area contributed by atoms with Gasteiger partial charge in [-0.25, -0.2) is 0 Å². The van der Waals surface area contributed by atoms with E-state index in [-0.39, 0.29) is 6.10 Å². The number of nitrogens with zero attached hydrogens (tertiary/aromatic N) is 1. The van der Waals surface area contributed by atoms with Crippen molar-refractivity contribution in [2.75, 3.05) is 25.1 Å². The molecule has 1 unspecified atom stereocenters. The third-order valence-electron chi connectivity index (χ3n) is 2.30. The molecule has 0 aromatic heterocycles. The maximum atomic E-state index is 9.35. The molecule has 0 fully saturated rings. The summed E-state index contributed by atoms with van der Waals surface area (Å²) in [5.41, 5.74) is 1.11. The van der Waals surface area contributed by atoms with Gasteiger partial charge in [-0.15, -0.1) is 0 Å². The second-order valence-electron chi connectivity index (χ2n) is 3.59. The van der Waals surface area contributed by atoms with E-state index in [1.54, 1.807) is 14.0 Å². The number of rotatable bonds is 5. The Kier molecular flexibility index (Phi) is 4.43. The Morgan fingerprint density at radius 2 is 1.93 bits per heavy atom. The third kappa shape index (κ3) is 3.44. The van der Waals surface area contributed by atoms with E-state index in [1.165, 1.54) is 0 Å². The normalized spacial score (nSPS) is 12.3. The smallest absolute Gasteiger partial charge is 0.119 e. The fourth-order valence-electron chi connectivity index (χ4n) is 1.53. The summed E-state index contributed by atoms with van der Waals surface area (Å²) >= 11 is 0. The van der Waals surface area contributed by atoms with Gasteiger partial charge in [0.2, 0.25) is 0 Å². The predicted molar refractivity (Wildman–Crippen MR) is 62.6 cm³/mol. The number of aliphatic hydroxyl groups excluding tert-OH is 1. The topological polar surface area (TPSA) is 32.7 Å². The number of benzene rings is 1. The second-order valence-corrected chi connectivity index (χ2v) is 3.59. The summed E-state index contributed by atoms with van der Waals surface area (Å²) in [7, 11) is 1.66. The first kappa shape index (κ1) is 11.9. The van der Waals surface area contributed by atoms with Gasteiger partial charge in [0, 0.05) is 18.8 Å². The molecular weight excluding hydrogens is 190 g/mol. The zero-order valence-corrected chi connectivity index (χ0v) is 9.60. The molecule has 0 saturated heterocycles. The van der Waals surface area contributed by atoms with E-state index >= 15 is 0 Å². The zero-order valence-electron chi connectivity index (χ0n) is 9.60. The van der Waals surface area contributed by atoms with Crippen LogP contribution in [0.15, 0.2) is 24.3 Å². The summed E-state index contributed by atoms with van der Waals surface area (Å²) in [6.07, 6.45) is -0.313. The Hall–Kier alpha value is -1.22. The van der Waals surface area contributed by atoms with E-state index in [0.717, 1.165) is 18.0 Å². The van der Waals surface area contributed by atoms with Crippen molar-refractivity contribution >= 4 is 5.69 Å². The highest BCUT2D eigenvalue weighted by molar-refractivity contribution is 5.49. The molecule has 1 aromatic rings. The first-order chi connectivity index (χ1) is 7.17. The monoisotopic (exact) mass is 209 g/mol.